The predicted octanol–water partition coefficient (Wildman–Crippen LogP) is 3.23. The summed E-state index contributed by atoms with van der Waals surface area (Å²) in [5.41, 5.74) is 2.17. The average molecular weight is 277 g/mol. The maximum atomic E-state index is 14.1. The van der Waals surface area contributed by atoms with Gasteiger partial charge in [0, 0.05) is 6.54 Å². The predicted molar refractivity (Wildman–Crippen MR) is 76.5 cm³/mol. The number of nitrogens with zero attached hydrogens (tertiary/aromatic N) is 4. The van der Waals surface area contributed by atoms with E-state index >= 15 is 0 Å². The van der Waals surface area contributed by atoms with Crippen LogP contribution >= 0.6 is 0 Å². The second-order valence-electron chi connectivity index (χ2n) is 4.68. The van der Waals surface area contributed by atoms with E-state index in [-0.39, 0.29) is 5.82 Å². The SMILES string of the molecule is CCCCn1ncc(Nc2ncnc(CC)c2F)c1C. The zero-order valence-electron chi connectivity index (χ0n) is 12.1. The van der Waals surface area contributed by atoms with Crippen molar-refractivity contribution in [3.63, 3.8) is 0 Å². The number of halogens is 1. The van der Waals surface area contributed by atoms with Gasteiger partial charge in [-0.15, -0.1) is 0 Å². The maximum Gasteiger partial charge on any atom is 0.187 e. The monoisotopic (exact) mass is 277 g/mol. The molecule has 5 nitrogen and oxygen atoms in total. The molecule has 108 valence electrons. The molecule has 6 heteroatoms. The third-order valence-corrected chi connectivity index (χ3v) is 3.28. The van der Waals surface area contributed by atoms with Crippen molar-refractivity contribution in [2.75, 3.05) is 5.32 Å². The van der Waals surface area contributed by atoms with Gasteiger partial charge in [0.2, 0.25) is 0 Å². The molecule has 0 fully saturated rings. The van der Waals surface area contributed by atoms with Gasteiger partial charge in [-0.25, -0.2) is 14.4 Å². The van der Waals surface area contributed by atoms with Gasteiger partial charge in [0.25, 0.3) is 0 Å². The first-order chi connectivity index (χ1) is 9.67. The third kappa shape index (κ3) is 2.95. The Balaban J connectivity index is 2.20. The van der Waals surface area contributed by atoms with Gasteiger partial charge in [-0.05, 0) is 19.8 Å². The minimum absolute atomic E-state index is 0.204. The first kappa shape index (κ1) is 14.4. The van der Waals surface area contributed by atoms with Crippen LogP contribution in [0.15, 0.2) is 12.5 Å². The van der Waals surface area contributed by atoms with Crippen LogP contribution in [0.1, 0.15) is 38.1 Å². The molecule has 0 saturated carbocycles. The summed E-state index contributed by atoms with van der Waals surface area (Å²) < 4.78 is 16.0. The molecule has 20 heavy (non-hydrogen) atoms. The largest absolute Gasteiger partial charge is 0.335 e. The summed E-state index contributed by atoms with van der Waals surface area (Å²) in [5, 5.41) is 7.31. The van der Waals surface area contributed by atoms with Crippen LogP contribution in [0.2, 0.25) is 0 Å². The van der Waals surface area contributed by atoms with E-state index in [9.17, 15) is 4.39 Å². The Morgan fingerprint density at radius 2 is 2.10 bits per heavy atom. The van der Waals surface area contributed by atoms with Crippen LogP contribution in [-0.4, -0.2) is 19.7 Å². The molecule has 0 bridgehead atoms. The summed E-state index contributed by atoms with van der Waals surface area (Å²) in [5.74, 6) is -0.189. The van der Waals surface area contributed by atoms with Gasteiger partial charge in [0.05, 0.1) is 23.3 Å². The van der Waals surface area contributed by atoms with Crippen LogP contribution in [-0.2, 0) is 13.0 Å². The molecule has 2 rings (SSSR count). The standard InChI is InChI=1S/C14H20FN5/c1-4-6-7-20-10(3)12(8-18-20)19-14-13(15)11(5-2)16-9-17-14/h8-9H,4-7H2,1-3H3,(H,16,17,19). The van der Waals surface area contributed by atoms with E-state index in [1.54, 1.807) is 6.20 Å². The van der Waals surface area contributed by atoms with Crippen LogP contribution in [0, 0.1) is 12.7 Å². The zero-order chi connectivity index (χ0) is 14.5. The Morgan fingerprint density at radius 3 is 2.80 bits per heavy atom. The molecule has 0 aliphatic heterocycles. The van der Waals surface area contributed by atoms with Gasteiger partial charge in [-0.2, -0.15) is 5.10 Å². The molecule has 2 heterocycles. The fourth-order valence-corrected chi connectivity index (χ4v) is 1.97. The number of aryl methyl sites for hydroxylation is 2. The lowest BCUT2D eigenvalue weighted by Gasteiger charge is -2.08. The van der Waals surface area contributed by atoms with E-state index < -0.39 is 5.82 Å². The van der Waals surface area contributed by atoms with Crippen molar-refractivity contribution in [3.05, 3.63) is 29.7 Å². The lowest BCUT2D eigenvalue weighted by atomic mass is 10.3. The Kier molecular flexibility index (Phi) is 4.65. The highest BCUT2D eigenvalue weighted by Gasteiger charge is 2.12. The lowest BCUT2D eigenvalue weighted by molar-refractivity contribution is 0.559. The minimum atomic E-state index is -0.393. The average Bonchev–Trinajstić information content (AvgIpc) is 2.80. The van der Waals surface area contributed by atoms with Gasteiger partial charge in [0.15, 0.2) is 11.6 Å². The Labute approximate surface area is 118 Å². The molecule has 1 N–H and O–H groups in total. The van der Waals surface area contributed by atoms with Crippen LogP contribution in [0.25, 0.3) is 0 Å². The smallest absolute Gasteiger partial charge is 0.187 e. The van der Waals surface area contributed by atoms with Crippen LogP contribution in [0.5, 0.6) is 0 Å². The number of unbranched alkanes of at least 4 members (excludes halogenated alkanes) is 1. The van der Waals surface area contributed by atoms with Crippen LogP contribution in [0.4, 0.5) is 15.9 Å². The molecule has 0 saturated heterocycles. The lowest BCUT2D eigenvalue weighted by Crippen LogP contribution is -2.05. The van der Waals surface area contributed by atoms with Crippen LogP contribution in [0.3, 0.4) is 0 Å². The molecule has 0 unspecified atom stereocenters. The molecule has 0 amide bonds. The molecular weight excluding hydrogens is 257 g/mol. The summed E-state index contributed by atoms with van der Waals surface area (Å²) in [4.78, 5) is 7.88. The fraction of sp³-hybridized carbons (Fsp3) is 0.500. The molecule has 0 aliphatic rings. The number of anilines is 2. The molecule has 0 radical (unpaired) electrons. The van der Waals surface area contributed by atoms with Gasteiger partial charge in [0.1, 0.15) is 6.33 Å². The summed E-state index contributed by atoms with van der Waals surface area (Å²) in [7, 11) is 0. The summed E-state index contributed by atoms with van der Waals surface area (Å²) in [6, 6.07) is 0. The second-order valence-corrected chi connectivity index (χ2v) is 4.68. The zero-order valence-corrected chi connectivity index (χ0v) is 12.1. The normalized spacial score (nSPS) is 10.8. The highest BCUT2D eigenvalue weighted by molar-refractivity contribution is 5.58. The minimum Gasteiger partial charge on any atom is -0.335 e. The number of hydrogen-bond acceptors (Lipinski definition) is 4. The highest BCUT2D eigenvalue weighted by atomic mass is 19.1. The molecular formula is C14H20FN5. The van der Waals surface area contributed by atoms with Crippen molar-refractivity contribution < 1.29 is 4.39 Å². The van der Waals surface area contributed by atoms with Crippen molar-refractivity contribution in [2.24, 2.45) is 0 Å². The number of rotatable bonds is 6. The Bertz CT molecular complexity index is 579. The molecule has 2 aromatic rings. The third-order valence-electron chi connectivity index (χ3n) is 3.28. The van der Waals surface area contributed by atoms with Gasteiger partial charge < -0.3 is 5.32 Å². The van der Waals surface area contributed by atoms with Crippen molar-refractivity contribution in [1.29, 1.82) is 0 Å². The highest BCUT2D eigenvalue weighted by Crippen LogP contribution is 2.22. The van der Waals surface area contributed by atoms with E-state index in [0.29, 0.717) is 12.1 Å². The molecule has 0 aliphatic carbocycles. The van der Waals surface area contributed by atoms with Crippen molar-refractivity contribution in [3.8, 4) is 0 Å². The van der Waals surface area contributed by atoms with Crippen molar-refractivity contribution >= 4 is 11.5 Å². The Morgan fingerprint density at radius 1 is 1.30 bits per heavy atom. The van der Waals surface area contributed by atoms with E-state index in [4.69, 9.17) is 0 Å². The molecule has 0 spiro atoms. The van der Waals surface area contributed by atoms with Crippen LogP contribution < -0.4 is 5.32 Å². The number of aromatic nitrogens is 4. The van der Waals surface area contributed by atoms with Gasteiger partial charge >= 0.3 is 0 Å². The summed E-state index contributed by atoms with van der Waals surface area (Å²) in [6.45, 7) is 6.84. The summed E-state index contributed by atoms with van der Waals surface area (Å²) >= 11 is 0. The van der Waals surface area contributed by atoms with Gasteiger partial charge in [-0.1, -0.05) is 20.3 Å². The second kappa shape index (κ2) is 6.45. The quantitative estimate of drug-likeness (QED) is 0.880. The van der Waals surface area contributed by atoms with Gasteiger partial charge in [-0.3, -0.25) is 4.68 Å². The first-order valence-electron chi connectivity index (χ1n) is 6.96. The van der Waals surface area contributed by atoms with E-state index in [1.807, 2.05) is 18.5 Å². The van der Waals surface area contributed by atoms with E-state index in [1.165, 1.54) is 6.33 Å². The molecule has 2 aromatic heterocycles. The number of nitrogens with one attached hydrogen (secondary N) is 1. The first-order valence-corrected chi connectivity index (χ1v) is 6.96. The number of hydrogen-bond donors (Lipinski definition) is 1. The van der Waals surface area contributed by atoms with E-state index in [2.05, 4.69) is 27.3 Å². The molecule has 0 aromatic carbocycles. The summed E-state index contributed by atoms with van der Waals surface area (Å²) in [6.07, 6.45) is 5.81. The maximum absolute atomic E-state index is 14.1. The van der Waals surface area contributed by atoms with Crippen molar-refractivity contribution in [2.45, 2.75) is 46.6 Å². The van der Waals surface area contributed by atoms with Crippen molar-refractivity contribution in [1.82, 2.24) is 19.7 Å². The topological polar surface area (TPSA) is 55.6 Å². The fourth-order valence-electron chi connectivity index (χ4n) is 1.97. The van der Waals surface area contributed by atoms with E-state index in [0.717, 1.165) is 30.8 Å². The molecule has 0 atom stereocenters. The Hall–Kier alpha value is -1.98.